The molecule has 3 aromatic rings. The van der Waals surface area contributed by atoms with Crippen molar-refractivity contribution < 1.29 is 13.2 Å². The number of anilines is 4. The normalized spacial score (nSPS) is 14.7. The van der Waals surface area contributed by atoms with E-state index in [4.69, 9.17) is 16.3 Å². The summed E-state index contributed by atoms with van der Waals surface area (Å²) in [5, 5.41) is 3.93. The van der Waals surface area contributed by atoms with E-state index in [0.29, 0.717) is 22.3 Å². The Morgan fingerprint density at radius 3 is 2.21 bits per heavy atom. The van der Waals surface area contributed by atoms with E-state index in [0.717, 1.165) is 43.9 Å². The average Bonchev–Trinajstić information content (AvgIpc) is 2.76. The first-order valence-corrected chi connectivity index (χ1v) is 12.6. The van der Waals surface area contributed by atoms with Crippen LogP contribution in [0.1, 0.15) is 0 Å². The van der Waals surface area contributed by atoms with Crippen molar-refractivity contribution in [2.24, 2.45) is 0 Å². The summed E-state index contributed by atoms with van der Waals surface area (Å²) in [6.07, 6.45) is 1.10. The number of nitrogens with one attached hydrogen (secondary N) is 2. The Morgan fingerprint density at radius 2 is 1.58 bits per heavy atom. The van der Waals surface area contributed by atoms with Gasteiger partial charge in [0.15, 0.2) is 0 Å². The highest BCUT2D eigenvalue weighted by molar-refractivity contribution is 7.92. The minimum absolute atomic E-state index is 0.187. The first-order valence-electron chi connectivity index (χ1n) is 10.3. The van der Waals surface area contributed by atoms with Gasteiger partial charge in [-0.05, 0) is 55.6 Å². The van der Waals surface area contributed by atoms with Crippen LogP contribution in [0.5, 0.6) is 11.8 Å². The number of piperazine rings is 1. The third-order valence-electron chi connectivity index (χ3n) is 5.00. The smallest absolute Gasteiger partial charge is 0.325 e. The summed E-state index contributed by atoms with van der Waals surface area (Å²) in [5.74, 6) is 1.84. The molecular formula is C22H25ClN6O3S. The molecule has 0 saturated carbocycles. The molecule has 9 nitrogen and oxygen atoms in total. The molecule has 33 heavy (non-hydrogen) atoms. The molecule has 0 bridgehead atoms. The Bertz CT molecular complexity index is 1200. The molecule has 1 aromatic heterocycles. The fourth-order valence-electron chi connectivity index (χ4n) is 3.31. The van der Waals surface area contributed by atoms with E-state index in [2.05, 4.69) is 36.9 Å². The molecule has 2 heterocycles. The van der Waals surface area contributed by atoms with E-state index in [9.17, 15) is 8.42 Å². The van der Waals surface area contributed by atoms with Gasteiger partial charge in [0.1, 0.15) is 17.4 Å². The van der Waals surface area contributed by atoms with Gasteiger partial charge in [-0.15, -0.1) is 0 Å². The van der Waals surface area contributed by atoms with Gasteiger partial charge in [-0.2, -0.15) is 9.97 Å². The number of benzene rings is 2. The summed E-state index contributed by atoms with van der Waals surface area (Å²) in [6, 6.07) is 16.0. The lowest BCUT2D eigenvalue weighted by molar-refractivity contribution is 0.311. The third-order valence-corrected chi connectivity index (χ3v) is 5.86. The van der Waals surface area contributed by atoms with Crippen molar-refractivity contribution in [3.8, 4) is 11.8 Å². The summed E-state index contributed by atoms with van der Waals surface area (Å²) in [7, 11) is -1.25. The van der Waals surface area contributed by atoms with Crippen LogP contribution in [0, 0.1) is 0 Å². The number of sulfonamides is 1. The molecular weight excluding hydrogens is 464 g/mol. The van der Waals surface area contributed by atoms with Crippen LogP contribution in [-0.2, 0) is 10.0 Å². The number of hydrogen-bond acceptors (Lipinski definition) is 8. The number of halogens is 1. The van der Waals surface area contributed by atoms with Crippen LogP contribution in [0.3, 0.4) is 0 Å². The second kappa shape index (κ2) is 9.82. The quantitative estimate of drug-likeness (QED) is 0.518. The standard InChI is InChI=1S/C22H25ClN6O3S/c1-28-11-13-29(14-12-28)21-15-20(24-17-5-3-16(23)4-6-17)25-22(26-21)32-19-9-7-18(8-10-19)27-33(2,30)31/h3-10,15,27H,11-14H2,1-2H3,(H,24,25,26). The van der Waals surface area contributed by atoms with Gasteiger partial charge in [0.05, 0.1) is 6.26 Å². The molecule has 4 rings (SSSR count). The first-order chi connectivity index (χ1) is 15.7. The molecule has 0 amide bonds. The Balaban J connectivity index is 1.58. The Kier molecular flexibility index (Phi) is 6.87. The fourth-order valence-corrected chi connectivity index (χ4v) is 4.00. The van der Waals surface area contributed by atoms with Crippen molar-refractivity contribution >= 4 is 44.6 Å². The second-order valence-corrected chi connectivity index (χ2v) is 10.0. The topological polar surface area (TPSA) is 99.7 Å². The Hall–Kier alpha value is -3.08. The summed E-state index contributed by atoms with van der Waals surface area (Å²) in [6.45, 7) is 3.57. The third kappa shape index (κ3) is 6.70. The molecule has 1 fully saturated rings. The van der Waals surface area contributed by atoms with E-state index in [1.165, 1.54) is 0 Å². The number of aromatic nitrogens is 2. The average molecular weight is 489 g/mol. The van der Waals surface area contributed by atoms with Crippen molar-refractivity contribution in [1.82, 2.24) is 14.9 Å². The predicted octanol–water partition coefficient (Wildman–Crippen LogP) is 3.79. The Morgan fingerprint density at radius 1 is 0.939 bits per heavy atom. The summed E-state index contributed by atoms with van der Waals surface area (Å²) in [4.78, 5) is 13.6. The summed E-state index contributed by atoms with van der Waals surface area (Å²) in [5.41, 5.74) is 1.28. The minimum Gasteiger partial charge on any atom is -0.424 e. The van der Waals surface area contributed by atoms with Crippen molar-refractivity contribution in [3.63, 3.8) is 0 Å². The highest BCUT2D eigenvalue weighted by Crippen LogP contribution is 2.27. The predicted molar refractivity (Wildman–Crippen MR) is 131 cm³/mol. The van der Waals surface area contributed by atoms with E-state index < -0.39 is 10.0 Å². The highest BCUT2D eigenvalue weighted by atomic mass is 35.5. The Labute approximate surface area is 198 Å². The summed E-state index contributed by atoms with van der Waals surface area (Å²) >= 11 is 5.99. The summed E-state index contributed by atoms with van der Waals surface area (Å²) < 4.78 is 31.2. The maximum absolute atomic E-state index is 11.4. The van der Waals surface area contributed by atoms with Crippen LogP contribution in [0.4, 0.5) is 23.0 Å². The van der Waals surface area contributed by atoms with E-state index in [-0.39, 0.29) is 6.01 Å². The molecule has 1 aliphatic heterocycles. The number of hydrogen-bond donors (Lipinski definition) is 2. The lowest BCUT2D eigenvalue weighted by Gasteiger charge is -2.33. The van der Waals surface area contributed by atoms with Crippen molar-refractivity contribution in [2.75, 3.05) is 54.4 Å². The first kappa shape index (κ1) is 23.1. The van der Waals surface area contributed by atoms with Crippen molar-refractivity contribution in [1.29, 1.82) is 0 Å². The number of likely N-dealkylation sites (N-methyl/N-ethyl adjacent to an activating group) is 1. The van der Waals surface area contributed by atoms with Gasteiger partial charge in [-0.25, -0.2) is 8.42 Å². The molecule has 1 aliphatic rings. The van der Waals surface area contributed by atoms with Crippen LogP contribution in [0.15, 0.2) is 54.6 Å². The maximum atomic E-state index is 11.4. The van der Waals surface area contributed by atoms with E-state index in [1.807, 2.05) is 18.2 Å². The van der Waals surface area contributed by atoms with Gasteiger partial charge < -0.3 is 19.9 Å². The maximum Gasteiger partial charge on any atom is 0.325 e. The SMILES string of the molecule is CN1CCN(c2cc(Nc3ccc(Cl)cc3)nc(Oc3ccc(NS(C)(=O)=O)cc3)n2)CC1. The van der Waals surface area contributed by atoms with Crippen LogP contribution in [0.2, 0.25) is 5.02 Å². The van der Waals surface area contributed by atoms with Crippen molar-refractivity contribution in [2.45, 2.75) is 0 Å². The molecule has 0 spiro atoms. The van der Waals surface area contributed by atoms with Gasteiger partial charge >= 0.3 is 6.01 Å². The van der Waals surface area contributed by atoms with Gasteiger partial charge in [-0.1, -0.05) is 11.6 Å². The highest BCUT2D eigenvalue weighted by Gasteiger charge is 2.18. The lowest BCUT2D eigenvalue weighted by Crippen LogP contribution is -2.44. The van der Waals surface area contributed by atoms with Gasteiger partial charge in [0, 0.05) is 48.6 Å². The molecule has 11 heteroatoms. The zero-order valence-corrected chi connectivity index (χ0v) is 19.9. The van der Waals surface area contributed by atoms with Crippen LogP contribution >= 0.6 is 11.6 Å². The number of nitrogens with zero attached hydrogens (tertiary/aromatic N) is 4. The molecule has 0 aliphatic carbocycles. The molecule has 174 valence electrons. The zero-order valence-electron chi connectivity index (χ0n) is 18.3. The molecule has 2 N–H and O–H groups in total. The van der Waals surface area contributed by atoms with Gasteiger partial charge in [0.2, 0.25) is 10.0 Å². The molecule has 1 saturated heterocycles. The molecule has 2 aromatic carbocycles. The largest absolute Gasteiger partial charge is 0.424 e. The van der Waals surface area contributed by atoms with Gasteiger partial charge in [0.25, 0.3) is 0 Å². The molecule has 0 atom stereocenters. The van der Waals surface area contributed by atoms with E-state index in [1.54, 1.807) is 36.4 Å². The van der Waals surface area contributed by atoms with E-state index >= 15 is 0 Å². The van der Waals surface area contributed by atoms with Gasteiger partial charge in [-0.3, -0.25) is 4.72 Å². The zero-order chi connectivity index (χ0) is 23.4. The van der Waals surface area contributed by atoms with Crippen LogP contribution in [0.25, 0.3) is 0 Å². The minimum atomic E-state index is -3.35. The monoisotopic (exact) mass is 488 g/mol. The number of rotatable bonds is 7. The molecule has 0 unspecified atom stereocenters. The second-order valence-electron chi connectivity index (χ2n) is 7.82. The lowest BCUT2D eigenvalue weighted by atomic mass is 10.3. The van der Waals surface area contributed by atoms with Crippen LogP contribution < -0.4 is 19.7 Å². The van der Waals surface area contributed by atoms with Crippen LogP contribution in [-0.4, -0.2) is 62.8 Å². The fraction of sp³-hybridized carbons (Fsp3) is 0.273. The van der Waals surface area contributed by atoms with Crippen molar-refractivity contribution in [3.05, 3.63) is 59.6 Å². The molecule has 0 radical (unpaired) electrons. The number of ether oxygens (including phenoxy) is 1.